The highest BCUT2D eigenvalue weighted by atomic mass is 127. The molecule has 26 heavy (non-hydrogen) atoms. The summed E-state index contributed by atoms with van der Waals surface area (Å²) >= 11 is 15.4. The minimum Gasteiger partial charge on any atom is -0.394 e. The molecule has 4 N–H and O–H groups in total. The molecule has 0 bridgehead atoms. The van der Waals surface area contributed by atoms with Crippen molar-refractivity contribution in [2.24, 2.45) is 0 Å². The van der Waals surface area contributed by atoms with Gasteiger partial charge < -0.3 is 25.6 Å². The molecule has 1 atom stereocenters. The van der Waals surface area contributed by atoms with Gasteiger partial charge in [-0.3, -0.25) is 14.4 Å². The summed E-state index contributed by atoms with van der Waals surface area (Å²) in [5.41, 5.74) is -0.0287. The summed E-state index contributed by atoms with van der Waals surface area (Å²) in [5, 5.41) is 22.1. The molecule has 0 aliphatic rings. The van der Waals surface area contributed by atoms with Crippen molar-refractivity contribution in [3.63, 3.8) is 0 Å². The van der Waals surface area contributed by atoms with E-state index in [2.05, 4.69) is 10.6 Å². The smallest absolute Gasteiger partial charge is 0.255 e. The number of anilines is 1. The highest BCUT2D eigenvalue weighted by Crippen LogP contribution is 2.38. The molecule has 8 nitrogen and oxygen atoms in total. The first-order chi connectivity index (χ1) is 12.1. The van der Waals surface area contributed by atoms with E-state index in [0.717, 1.165) is 0 Å². The molecule has 0 fully saturated rings. The molecule has 1 rings (SSSR count). The van der Waals surface area contributed by atoms with Crippen LogP contribution in [0.2, 0.25) is 5.02 Å². The Morgan fingerprint density at radius 3 is 2.31 bits per heavy atom. The molecular weight excluding hydrogens is 617 g/mol. The number of hydrogen-bond acceptors (Lipinski definition) is 6. The van der Waals surface area contributed by atoms with Crippen molar-refractivity contribution in [3.05, 3.63) is 23.3 Å². The van der Waals surface area contributed by atoms with Crippen LogP contribution in [0.25, 0.3) is 0 Å². The normalized spacial score (nSPS) is 11.8. The number of carbonyl (C=O) groups excluding carboxylic acids is 3. The lowest BCUT2D eigenvalue weighted by atomic mass is 10.1. The average Bonchev–Trinajstić information content (AvgIpc) is 2.56. The average molecular weight is 631 g/mol. The fourth-order valence-corrected chi connectivity index (χ4v) is 5.25. The Labute approximate surface area is 186 Å². The lowest BCUT2D eigenvalue weighted by Crippen LogP contribution is -2.35. The summed E-state index contributed by atoms with van der Waals surface area (Å²) < 4.78 is 5.29. The number of nitrogens with one attached hydrogen (secondary N) is 2. The molecule has 0 saturated heterocycles. The Hall–Kier alpha value is -0.250. The van der Waals surface area contributed by atoms with Crippen LogP contribution in [-0.2, 0) is 9.53 Å². The summed E-state index contributed by atoms with van der Waals surface area (Å²) in [7, 11) is 1.34. The van der Waals surface area contributed by atoms with Crippen LogP contribution in [-0.4, -0.2) is 60.2 Å². The minimum atomic E-state index is -1.16. The first kappa shape index (κ1) is 23.8. The quantitative estimate of drug-likeness (QED) is 0.256. The third-order valence-corrected chi connectivity index (χ3v) is 5.71. The van der Waals surface area contributed by atoms with E-state index in [1.807, 2.05) is 0 Å². The molecule has 144 valence electrons. The molecule has 0 radical (unpaired) electrons. The Balaban J connectivity index is 3.44. The van der Waals surface area contributed by atoms with Crippen molar-refractivity contribution in [2.45, 2.75) is 6.10 Å². The van der Waals surface area contributed by atoms with Gasteiger partial charge in [0.05, 0.1) is 41.7 Å². The maximum Gasteiger partial charge on any atom is 0.255 e. The lowest BCUT2D eigenvalue weighted by Gasteiger charge is -2.18. The molecule has 0 aromatic heterocycles. The van der Waals surface area contributed by atoms with Gasteiger partial charge in [0.15, 0.2) is 0 Å². The summed E-state index contributed by atoms with van der Waals surface area (Å²) in [6.07, 6.45) is -1.16. The molecule has 0 spiro atoms. The summed E-state index contributed by atoms with van der Waals surface area (Å²) in [4.78, 5) is 36.1. The number of aliphatic hydroxyl groups excluding tert-OH is 2. The molecule has 12 heteroatoms. The molecule has 1 aromatic carbocycles. The third kappa shape index (κ3) is 5.87. The zero-order valence-corrected chi connectivity index (χ0v) is 19.1. The number of halogens is 4. The van der Waals surface area contributed by atoms with E-state index in [1.165, 1.54) is 7.11 Å². The molecule has 0 aliphatic carbocycles. The maximum atomic E-state index is 12.5. The lowest BCUT2D eigenvalue weighted by molar-refractivity contribution is -0.119. The predicted molar refractivity (Wildman–Crippen MR) is 113 cm³/mol. The zero-order valence-electron chi connectivity index (χ0n) is 13.2. The van der Waals surface area contributed by atoms with Gasteiger partial charge in [0.1, 0.15) is 6.61 Å². The third-order valence-electron chi connectivity index (χ3n) is 2.99. The van der Waals surface area contributed by atoms with Gasteiger partial charge in [0.2, 0.25) is 5.91 Å². The molecule has 0 saturated carbocycles. The van der Waals surface area contributed by atoms with Gasteiger partial charge in [-0.05, 0) is 56.8 Å². The first-order valence-corrected chi connectivity index (χ1v) is 9.83. The largest absolute Gasteiger partial charge is 0.394 e. The SMILES string of the molecule is COCC(=O)Nc1c(I)c(C(=O)Cl)c(Cl)c(C(=O)NCC(O)CO)c1I. The Morgan fingerprint density at radius 1 is 1.23 bits per heavy atom. The molecule has 1 aromatic rings. The van der Waals surface area contributed by atoms with Gasteiger partial charge >= 0.3 is 0 Å². The van der Waals surface area contributed by atoms with Crippen molar-refractivity contribution in [3.8, 4) is 0 Å². The Kier molecular flexibility index (Phi) is 9.99. The Bertz CT molecular complexity index is 732. The van der Waals surface area contributed by atoms with Gasteiger partial charge in [0.25, 0.3) is 11.1 Å². The van der Waals surface area contributed by atoms with Gasteiger partial charge in [0, 0.05) is 13.7 Å². The van der Waals surface area contributed by atoms with Crippen molar-refractivity contribution in [2.75, 3.05) is 32.2 Å². The summed E-state index contributed by atoms with van der Waals surface area (Å²) in [6.45, 7) is -1.01. The van der Waals surface area contributed by atoms with Crippen molar-refractivity contribution < 1.29 is 29.3 Å². The predicted octanol–water partition coefficient (Wildman–Crippen LogP) is 1.60. The van der Waals surface area contributed by atoms with Crippen LogP contribution < -0.4 is 10.6 Å². The molecular formula is C14H14Cl2I2N2O6. The minimum absolute atomic E-state index is 0.0884. The van der Waals surface area contributed by atoms with Crippen LogP contribution in [0, 0.1) is 7.14 Å². The van der Waals surface area contributed by atoms with Crippen LogP contribution in [0.15, 0.2) is 0 Å². The van der Waals surface area contributed by atoms with E-state index in [4.69, 9.17) is 33.0 Å². The van der Waals surface area contributed by atoms with Crippen molar-refractivity contribution >= 4 is 91.1 Å². The molecule has 1 unspecified atom stereocenters. The zero-order chi connectivity index (χ0) is 20.0. The van der Waals surface area contributed by atoms with E-state index in [0.29, 0.717) is 0 Å². The molecule has 0 aliphatic heterocycles. The molecule has 2 amide bonds. The van der Waals surface area contributed by atoms with Gasteiger partial charge in [-0.15, -0.1) is 0 Å². The second-order valence-corrected chi connectivity index (χ2v) is 7.75. The van der Waals surface area contributed by atoms with Crippen LogP contribution in [0.3, 0.4) is 0 Å². The van der Waals surface area contributed by atoms with E-state index in [1.54, 1.807) is 45.2 Å². The fourth-order valence-electron chi connectivity index (χ4n) is 1.82. The van der Waals surface area contributed by atoms with E-state index >= 15 is 0 Å². The van der Waals surface area contributed by atoms with Crippen LogP contribution in [0.4, 0.5) is 5.69 Å². The van der Waals surface area contributed by atoms with E-state index in [-0.39, 0.29) is 42.1 Å². The number of amides is 2. The highest BCUT2D eigenvalue weighted by molar-refractivity contribution is 14.1. The van der Waals surface area contributed by atoms with Crippen molar-refractivity contribution in [1.82, 2.24) is 5.32 Å². The first-order valence-electron chi connectivity index (χ1n) is 6.91. The number of carbonyl (C=O) groups is 3. The number of methoxy groups -OCH3 is 1. The standard InChI is InChI=1S/C14H14Cl2I2N2O6/c1-26-4-6(23)20-12-10(17)7(13(16)24)9(15)8(11(12)18)14(25)19-2-5(22)3-21/h5,21-22H,2-4H2,1H3,(H,19,25)(H,20,23). The van der Waals surface area contributed by atoms with Crippen LogP contribution in [0.5, 0.6) is 0 Å². The number of rotatable bonds is 8. The number of ether oxygens (including phenoxy) is 1. The highest BCUT2D eigenvalue weighted by Gasteiger charge is 2.28. The van der Waals surface area contributed by atoms with Gasteiger partial charge in [-0.2, -0.15) is 0 Å². The summed E-state index contributed by atoms with van der Waals surface area (Å²) in [6, 6.07) is 0. The van der Waals surface area contributed by atoms with E-state index in [9.17, 15) is 19.5 Å². The monoisotopic (exact) mass is 630 g/mol. The second kappa shape index (κ2) is 10.9. The van der Waals surface area contributed by atoms with Crippen LogP contribution in [0.1, 0.15) is 20.7 Å². The second-order valence-electron chi connectivity index (χ2n) is 4.87. The Morgan fingerprint density at radius 2 is 1.81 bits per heavy atom. The van der Waals surface area contributed by atoms with Gasteiger partial charge in [-0.1, -0.05) is 11.6 Å². The number of hydrogen-bond donors (Lipinski definition) is 4. The summed E-state index contributed by atoms with van der Waals surface area (Å²) in [5.74, 6) is -1.20. The van der Waals surface area contributed by atoms with E-state index < -0.39 is 29.8 Å². The number of aliphatic hydroxyl groups is 2. The van der Waals surface area contributed by atoms with Crippen molar-refractivity contribution in [1.29, 1.82) is 0 Å². The topological polar surface area (TPSA) is 125 Å². The van der Waals surface area contributed by atoms with Gasteiger partial charge in [-0.25, -0.2) is 0 Å². The van der Waals surface area contributed by atoms with Crippen LogP contribution >= 0.6 is 68.4 Å². The molecule has 0 heterocycles. The number of benzene rings is 1. The maximum absolute atomic E-state index is 12.5. The fraction of sp³-hybridized carbons (Fsp3) is 0.357.